The number of aliphatic imine (C=N–C) groups is 1. The molecule has 8 heteroatoms. The van der Waals surface area contributed by atoms with E-state index in [-0.39, 0.29) is 5.91 Å². The van der Waals surface area contributed by atoms with Gasteiger partial charge < -0.3 is 20.9 Å². The predicted molar refractivity (Wildman–Crippen MR) is 120 cm³/mol. The molecule has 0 atom stereocenters. The van der Waals surface area contributed by atoms with E-state index in [1.807, 2.05) is 25.3 Å². The lowest BCUT2D eigenvalue weighted by atomic mass is 10.1. The maximum atomic E-state index is 14.7. The minimum Gasteiger partial charge on any atom is -0.401 e. The Labute approximate surface area is 173 Å². The van der Waals surface area contributed by atoms with Crippen molar-refractivity contribution in [3.05, 3.63) is 72.1 Å². The number of carbonyl (C=O) groups is 1. The smallest absolute Gasteiger partial charge is 0.247 e. The molecule has 2 heterocycles. The van der Waals surface area contributed by atoms with Gasteiger partial charge in [0, 0.05) is 42.3 Å². The Balaban J connectivity index is 2.06. The molecule has 4 N–H and O–H groups in total. The van der Waals surface area contributed by atoms with Crippen LogP contribution in [-0.2, 0) is 4.79 Å². The number of rotatable bonds is 6. The minimum absolute atomic E-state index is 0.294. The lowest BCUT2D eigenvalue weighted by molar-refractivity contribution is -0.111. The molecule has 0 aliphatic heterocycles. The van der Waals surface area contributed by atoms with Crippen LogP contribution in [0.5, 0.6) is 0 Å². The van der Waals surface area contributed by atoms with Gasteiger partial charge in [-0.25, -0.2) is 9.37 Å². The summed E-state index contributed by atoms with van der Waals surface area (Å²) in [7, 11) is 1.63. The number of halogens is 1. The second-order valence-corrected chi connectivity index (χ2v) is 6.74. The van der Waals surface area contributed by atoms with Crippen molar-refractivity contribution < 1.29 is 9.18 Å². The van der Waals surface area contributed by atoms with Crippen LogP contribution in [-0.4, -0.2) is 28.7 Å². The number of anilines is 2. The molecular weight excluding hydrogens is 383 g/mol. The molecule has 2 aromatic heterocycles. The summed E-state index contributed by atoms with van der Waals surface area (Å²) in [5.41, 5.74) is 9.67. The number of benzene rings is 1. The van der Waals surface area contributed by atoms with Crippen LogP contribution in [0.25, 0.3) is 16.6 Å². The number of aryl methyl sites for hydroxylation is 1. The second kappa shape index (κ2) is 8.60. The van der Waals surface area contributed by atoms with Gasteiger partial charge in [-0.05, 0) is 43.7 Å². The van der Waals surface area contributed by atoms with E-state index in [1.54, 1.807) is 36.9 Å². The fourth-order valence-corrected chi connectivity index (χ4v) is 3.05. The maximum Gasteiger partial charge on any atom is 0.247 e. The summed E-state index contributed by atoms with van der Waals surface area (Å²) in [5.74, 6) is -0.335. The molecule has 1 amide bonds. The van der Waals surface area contributed by atoms with Crippen molar-refractivity contribution in [1.82, 2.24) is 9.55 Å². The molecule has 0 aliphatic rings. The highest BCUT2D eigenvalue weighted by Gasteiger charge is 2.14. The molecule has 0 saturated carbocycles. The summed E-state index contributed by atoms with van der Waals surface area (Å²) < 4.78 is 16.4. The van der Waals surface area contributed by atoms with Crippen molar-refractivity contribution >= 4 is 34.5 Å². The molecule has 7 nitrogen and oxygen atoms in total. The number of nitrogens with zero attached hydrogens (tertiary/aromatic N) is 3. The van der Waals surface area contributed by atoms with Crippen LogP contribution < -0.4 is 16.4 Å². The zero-order valence-electron chi connectivity index (χ0n) is 17.0. The number of hydrogen-bond acceptors (Lipinski definition) is 5. The van der Waals surface area contributed by atoms with Gasteiger partial charge in [0.05, 0.1) is 23.1 Å². The summed E-state index contributed by atoms with van der Waals surface area (Å²) in [5, 5.41) is 6.69. The number of amides is 1. The monoisotopic (exact) mass is 406 g/mol. The van der Waals surface area contributed by atoms with Crippen molar-refractivity contribution in [1.29, 1.82) is 0 Å². The lowest BCUT2D eigenvalue weighted by Crippen LogP contribution is -2.10. The largest absolute Gasteiger partial charge is 0.401 e. The zero-order valence-corrected chi connectivity index (χ0v) is 17.0. The number of aromatic nitrogens is 2. The van der Waals surface area contributed by atoms with E-state index >= 15 is 0 Å². The first-order chi connectivity index (χ1) is 14.3. The Morgan fingerprint density at radius 2 is 2.10 bits per heavy atom. The van der Waals surface area contributed by atoms with Crippen molar-refractivity contribution in [2.24, 2.45) is 10.7 Å². The molecule has 0 unspecified atom stereocenters. The second-order valence-electron chi connectivity index (χ2n) is 6.74. The summed E-state index contributed by atoms with van der Waals surface area (Å²) in [6.45, 7) is 7.11. The van der Waals surface area contributed by atoms with Crippen LogP contribution in [0, 0.1) is 12.7 Å². The average molecular weight is 406 g/mol. The van der Waals surface area contributed by atoms with Crippen LogP contribution >= 0.6 is 0 Å². The number of pyridine rings is 1. The molecule has 0 fully saturated rings. The van der Waals surface area contributed by atoms with E-state index in [0.29, 0.717) is 28.6 Å². The molecule has 3 rings (SSSR count). The van der Waals surface area contributed by atoms with Gasteiger partial charge in [-0.15, -0.1) is 0 Å². The highest BCUT2D eigenvalue weighted by Crippen LogP contribution is 2.29. The quantitative estimate of drug-likeness (QED) is 0.427. The highest BCUT2D eigenvalue weighted by molar-refractivity contribution is 6.00. The average Bonchev–Trinajstić information content (AvgIpc) is 3.04. The van der Waals surface area contributed by atoms with E-state index < -0.39 is 5.82 Å². The summed E-state index contributed by atoms with van der Waals surface area (Å²) in [6, 6.07) is 7.03. The normalized spacial score (nSPS) is 12.1. The van der Waals surface area contributed by atoms with Crippen molar-refractivity contribution in [3.8, 4) is 5.69 Å². The number of nitrogens with two attached hydrogens (primary N) is 1. The van der Waals surface area contributed by atoms with E-state index in [1.165, 1.54) is 6.08 Å². The Morgan fingerprint density at radius 3 is 2.77 bits per heavy atom. The minimum atomic E-state index is -0.472. The first kappa shape index (κ1) is 20.8. The van der Waals surface area contributed by atoms with Crippen molar-refractivity contribution in [2.45, 2.75) is 13.8 Å². The van der Waals surface area contributed by atoms with E-state index in [4.69, 9.17) is 5.73 Å². The number of hydrogen-bond donors (Lipinski definition) is 3. The van der Waals surface area contributed by atoms with Gasteiger partial charge in [0.25, 0.3) is 0 Å². The SMILES string of the molecule is C=CC(=O)Nc1ccc2c(c1)c(C)cn2-c1cc(N/C(C=NC)=C(\C)N)ncc1F. The predicted octanol–water partition coefficient (Wildman–Crippen LogP) is 3.90. The molecule has 0 radical (unpaired) electrons. The summed E-state index contributed by atoms with van der Waals surface area (Å²) in [6.07, 6.45) is 5.78. The van der Waals surface area contributed by atoms with Crippen LogP contribution in [0.1, 0.15) is 12.5 Å². The Hall–Kier alpha value is -3.94. The highest BCUT2D eigenvalue weighted by atomic mass is 19.1. The van der Waals surface area contributed by atoms with Crippen LogP contribution in [0.15, 0.2) is 65.7 Å². The van der Waals surface area contributed by atoms with E-state index in [2.05, 4.69) is 27.2 Å². The third-order valence-electron chi connectivity index (χ3n) is 4.50. The number of fused-ring (bicyclic) bond motifs is 1. The van der Waals surface area contributed by atoms with Crippen LogP contribution in [0.3, 0.4) is 0 Å². The van der Waals surface area contributed by atoms with E-state index in [0.717, 1.165) is 22.7 Å². The molecule has 30 heavy (non-hydrogen) atoms. The van der Waals surface area contributed by atoms with Crippen molar-refractivity contribution in [2.75, 3.05) is 17.7 Å². The van der Waals surface area contributed by atoms with Gasteiger partial charge in [-0.1, -0.05) is 6.58 Å². The molecule has 0 spiro atoms. The molecule has 0 bridgehead atoms. The Bertz CT molecular complexity index is 1190. The Morgan fingerprint density at radius 1 is 1.33 bits per heavy atom. The van der Waals surface area contributed by atoms with Gasteiger partial charge in [0.1, 0.15) is 5.82 Å². The van der Waals surface area contributed by atoms with Crippen LogP contribution in [0.2, 0.25) is 0 Å². The molecule has 0 aliphatic carbocycles. The number of allylic oxidation sites excluding steroid dienone is 2. The third-order valence-corrected chi connectivity index (χ3v) is 4.50. The Kier molecular flexibility index (Phi) is 5.96. The van der Waals surface area contributed by atoms with Gasteiger partial charge >= 0.3 is 0 Å². The standard InChI is InChI=1S/C22H23FN6O/c1-5-22(30)27-15-6-7-19-16(8-15)13(2)12-29(19)20-9-21(26-10-17(20)23)28-18(11-25-4)14(3)24/h5-12H,1,24H2,2-4H3,(H,26,28)(H,27,30)/b18-14+,25-11?. The molecule has 154 valence electrons. The van der Waals surface area contributed by atoms with Gasteiger partial charge in [0.2, 0.25) is 5.91 Å². The van der Waals surface area contributed by atoms with Gasteiger partial charge in [0.15, 0.2) is 5.82 Å². The number of nitrogens with one attached hydrogen (secondary N) is 2. The van der Waals surface area contributed by atoms with Crippen LogP contribution in [0.4, 0.5) is 15.9 Å². The first-order valence-electron chi connectivity index (χ1n) is 9.20. The third kappa shape index (κ3) is 4.22. The van der Waals surface area contributed by atoms with E-state index in [9.17, 15) is 9.18 Å². The molecule has 3 aromatic rings. The molecule has 1 aromatic carbocycles. The fourth-order valence-electron chi connectivity index (χ4n) is 3.05. The summed E-state index contributed by atoms with van der Waals surface area (Å²) in [4.78, 5) is 19.6. The lowest BCUT2D eigenvalue weighted by Gasteiger charge is -2.12. The fraction of sp³-hybridized carbons (Fsp3) is 0.136. The van der Waals surface area contributed by atoms with Gasteiger partial charge in [-0.3, -0.25) is 9.79 Å². The maximum absolute atomic E-state index is 14.7. The molecule has 0 saturated heterocycles. The molecular formula is C22H23FN6O. The van der Waals surface area contributed by atoms with Crippen molar-refractivity contribution in [3.63, 3.8) is 0 Å². The first-order valence-corrected chi connectivity index (χ1v) is 9.20. The summed E-state index contributed by atoms with van der Waals surface area (Å²) >= 11 is 0. The zero-order chi connectivity index (χ0) is 21.8. The number of carbonyl (C=O) groups excluding carboxylic acids is 1. The van der Waals surface area contributed by atoms with Gasteiger partial charge in [-0.2, -0.15) is 0 Å². The topological polar surface area (TPSA) is 97.3 Å².